The molecule has 0 aromatic heterocycles. The number of hydrogen-bond donors (Lipinski definition) is 2. The van der Waals surface area contributed by atoms with Crippen LogP contribution in [0.4, 0.5) is 5.69 Å². The molecule has 1 aromatic carbocycles. The highest BCUT2D eigenvalue weighted by Gasteiger charge is 2.00. The van der Waals surface area contributed by atoms with E-state index in [1.165, 1.54) is 0 Å². The standard InChI is InChI=1S/C9H11ClN2S/c1-6-3-4-8(7(10)5-6)12-9(13)11-2/h3-5H,1-2H3,(H2,11,12,13). The minimum atomic E-state index is 0.561. The van der Waals surface area contributed by atoms with Crippen molar-refractivity contribution >= 4 is 34.6 Å². The summed E-state index contributed by atoms with van der Waals surface area (Å²) in [5.74, 6) is 0. The molecular weight excluding hydrogens is 204 g/mol. The van der Waals surface area contributed by atoms with Crippen LogP contribution in [-0.4, -0.2) is 12.2 Å². The molecule has 0 radical (unpaired) electrons. The summed E-state index contributed by atoms with van der Waals surface area (Å²) in [5.41, 5.74) is 1.96. The van der Waals surface area contributed by atoms with Crippen molar-refractivity contribution in [2.75, 3.05) is 12.4 Å². The fourth-order valence-electron chi connectivity index (χ4n) is 0.906. The molecule has 0 saturated carbocycles. The maximum Gasteiger partial charge on any atom is 0.170 e. The Labute approximate surface area is 88.3 Å². The number of nitrogens with one attached hydrogen (secondary N) is 2. The number of halogens is 1. The van der Waals surface area contributed by atoms with E-state index in [0.29, 0.717) is 10.1 Å². The van der Waals surface area contributed by atoms with E-state index >= 15 is 0 Å². The third-order valence-electron chi connectivity index (χ3n) is 1.60. The molecule has 0 saturated heterocycles. The van der Waals surface area contributed by atoms with Gasteiger partial charge in [-0.3, -0.25) is 0 Å². The lowest BCUT2D eigenvalue weighted by molar-refractivity contribution is 1.20. The molecule has 4 heteroatoms. The summed E-state index contributed by atoms with van der Waals surface area (Å²) >= 11 is 10.9. The minimum Gasteiger partial charge on any atom is -0.366 e. The maximum absolute atomic E-state index is 5.98. The van der Waals surface area contributed by atoms with Gasteiger partial charge in [-0.15, -0.1) is 0 Å². The average molecular weight is 215 g/mol. The molecule has 70 valence electrons. The molecule has 0 spiro atoms. The summed E-state index contributed by atoms with van der Waals surface area (Å²) in [6, 6.07) is 5.77. The van der Waals surface area contributed by atoms with Gasteiger partial charge in [0, 0.05) is 7.05 Å². The van der Waals surface area contributed by atoms with E-state index < -0.39 is 0 Å². The second-order valence-electron chi connectivity index (χ2n) is 2.69. The van der Waals surface area contributed by atoms with Crippen LogP contribution < -0.4 is 10.6 Å². The Hall–Kier alpha value is -0.800. The van der Waals surface area contributed by atoms with Crippen LogP contribution in [0.3, 0.4) is 0 Å². The SMILES string of the molecule is CNC(=S)Nc1ccc(C)cc1Cl. The van der Waals surface area contributed by atoms with Gasteiger partial charge in [0.15, 0.2) is 5.11 Å². The van der Waals surface area contributed by atoms with Gasteiger partial charge in [-0.25, -0.2) is 0 Å². The lowest BCUT2D eigenvalue weighted by Gasteiger charge is -2.08. The topological polar surface area (TPSA) is 24.1 Å². The van der Waals surface area contributed by atoms with Gasteiger partial charge in [-0.1, -0.05) is 17.7 Å². The first-order valence-corrected chi connectivity index (χ1v) is 4.67. The van der Waals surface area contributed by atoms with Crippen LogP contribution in [0.25, 0.3) is 0 Å². The molecule has 0 amide bonds. The van der Waals surface area contributed by atoms with Crippen molar-refractivity contribution in [3.05, 3.63) is 28.8 Å². The molecule has 0 aliphatic rings. The van der Waals surface area contributed by atoms with Gasteiger partial charge in [0.25, 0.3) is 0 Å². The number of thiocarbonyl (C=S) groups is 1. The van der Waals surface area contributed by atoms with E-state index in [9.17, 15) is 0 Å². The molecular formula is C9H11ClN2S. The summed E-state index contributed by atoms with van der Waals surface area (Å²) < 4.78 is 0. The van der Waals surface area contributed by atoms with Gasteiger partial charge in [-0.2, -0.15) is 0 Å². The normalized spacial score (nSPS) is 9.46. The molecule has 0 aliphatic carbocycles. The van der Waals surface area contributed by atoms with Crippen LogP contribution in [0.15, 0.2) is 18.2 Å². The molecule has 0 atom stereocenters. The number of anilines is 1. The zero-order chi connectivity index (χ0) is 9.84. The Morgan fingerprint density at radius 2 is 2.15 bits per heavy atom. The van der Waals surface area contributed by atoms with Crippen molar-refractivity contribution in [3.63, 3.8) is 0 Å². The van der Waals surface area contributed by atoms with Crippen molar-refractivity contribution in [1.82, 2.24) is 5.32 Å². The second kappa shape index (κ2) is 4.44. The Balaban J connectivity index is 2.83. The smallest absolute Gasteiger partial charge is 0.170 e. The van der Waals surface area contributed by atoms with Gasteiger partial charge in [0.2, 0.25) is 0 Å². The van der Waals surface area contributed by atoms with Gasteiger partial charge >= 0.3 is 0 Å². The summed E-state index contributed by atoms with van der Waals surface area (Å²) in [6.45, 7) is 1.99. The van der Waals surface area contributed by atoms with Crippen LogP contribution in [-0.2, 0) is 0 Å². The monoisotopic (exact) mass is 214 g/mol. The average Bonchev–Trinajstić information content (AvgIpc) is 2.09. The van der Waals surface area contributed by atoms with Gasteiger partial charge in [0.05, 0.1) is 10.7 Å². The Morgan fingerprint density at radius 1 is 1.46 bits per heavy atom. The van der Waals surface area contributed by atoms with Gasteiger partial charge in [-0.05, 0) is 36.8 Å². The van der Waals surface area contributed by atoms with Crippen LogP contribution >= 0.6 is 23.8 Å². The van der Waals surface area contributed by atoms with Crippen LogP contribution in [0, 0.1) is 6.92 Å². The summed E-state index contributed by atoms with van der Waals surface area (Å²) in [6.07, 6.45) is 0. The predicted octanol–water partition coefficient (Wildman–Crippen LogP) is 2.56. The molecule has 0 bridgehead atoms. The highest BCUT2D eigenvalue weighted by Crippen LogP contribution is 2.22. The predicted molar refractivity (Wildman–Crippen MR) is 61.5 cm³/mol. The highest BCUT2D eigenvalue weighted by molar-refractivity contribution is 7.80. The molecule has 1 rings (SSSR count). The number of benzene rings is 1. The second-order valence-corrected chi connectivity index (χ2v) is 3.50. The van der Waals surface area contributed by atoms with Crippen molar-refractivity contribution in [2.24, 2.45) is 0 Å². The first kappa shape index (κ1) is 10.3. The molecule has 13 heavy (non-hydrogen) atoms. The molecule has 0 heterocycles. The maximum atomic E-state index is 5.98. The molecule has 1 aromatic rings. The number of rotatable bonds is 1. The first-order valence-electron chi connectivity index (χ1n) is 3.88. The largest absolute Gasteiger partial charge is 0.366 e. The minimum absolute atomic E-state index is 0.561. The Morgan fingerprint density at radius 3 is 2.69 bits per heavy atom. The zero-order valence-electron chi connectivity index (χ0n) is 7.52. The van der Waals surface area contributed by atoms with Crippen molar-refractivity contribution in [1.29, 1.82) is 0 Å². The quantitative estimate of drug-likeness (QED) is 0.703. The third kappa shape index (κ3) is 2.86. The van der Waals surface area contributed by atoms with E-state index in [1.807, 2.05) is 25.1 Å². The van der Waals surface area contributed by atoms with E-state index in [2.05, 4.69) is 10.6 Å². The number of aryl methyl sites for hydroxylation is 1. The lowest BCUT2D eigenvalue weighted by atomic mass is 10.2. The molecule has 0 fully saturated rings. The fourth-order valence-corrected chi connectivity index (χ4v) is 1.30. The summed E-state index contributed by atoms with van der Waals surface area (Å²) in [5, 5.41) is 7.03. The summed E-state index contributed by atoms with van der Waals surface area (Å²) in [4.78, 5) is 0. The van der Waals surface area contributed by atoms with Crippen molar-refractivity contribution < 1.29 is 0 Å². The van der Waals surface area contributed by atoms with Crippen LogP contribution in [0.1, 0.15) is 5.56 Å². The van der Waals surface area contributed by atoms with Crippen molar-refractivity contribution in [2.45, 2.75) is 6.92 Å². The highest BCUT2D eigenvalue weighted by atomic mass is 35.5. The Kier molecular flexibility index (Phi) is 3.51. The first-order chi connectivity index (χ1) is 6.13. The summed E-state index contributed by atoms with van der Waals surface area (Å²) in [7, 11) is 1.76. The van der Waals surface area contributed by atoms with Gasteiger partial charge in [0.1, 0.15) is 0 Å². The van der Waals surface area contributed by atoms with E-state index in [0.717, 1.165) is 11.3 Å². The van der Waals surface area contributed by atoms with Crippen LogP contribution in [0.5, 0.6) is 0 Å². The third-order valence-corrected chi connectivity index (χ3v) is 2.22. The van der Waals surface area contributed by atoms with E-state index in [-0.39, 0.29) is 0 Å². The van der Waals surface area contributed by atoms with Crippen molar-refractivity contribution in [3.8, 4) is 0 Å². The van der Waals surface area contributed by atoms with E-state index in [4.69, 9.17) is 23.8 Å². The van der Waals surface area contributed by atoms with Crippen LogP contribution in [0.2, 0.25) is 5.02 Å². The Bertz CT molecular complexity index is 325. The molecule has 2 N–H and O–H groups in total. The zero-order valence-corrected chi connectivity index (χ0v) is 9.09. The van der Waals surface area contributed by atoms with E-state index in [1.54, 1.807) is 7.05 Å². The molecule has 0 unspecified atom stereocenters. The van der Waals surface area contributed by atoms with Gasteiger partial charge < -0.3 is 10.6 Å². The lowest BCUT2D eigenvalue weighted by Crippen LogP contribution is -2.24. The molecule has 0 aliphatic heterocycles. The number of hydrogen-bond acceptors (Lipinski definition) is 1. The fraction of sp³-hybridized carbons (Fsp3) is 0.222. The molecule has 2 nitrogen and oxygen atoms in total.